The van der Waals surface area contributed by atoms with E-state index in [-0.39, 0.29) is 11.8 Å². The van der Waals surface area contributed by atoms with E-state index in [1.54, 1.807) is 48.8 Å². The number of rotatable bonds is 6. The Balaban J connectivity index is 1.37. The van der Waals surface area contributed by atoms with E-state index in [4.69, 9.17) is 4.74 Å². The van der Waals surface area contributed by atoms with Crippen LogP contribution in [0.1, 0.15) is 35.1 Å². The molecule has 1 N–H and O–H groups in total. The van der Waals surface area contributed by atoms with Gasteiger partial charge in [-0.3, -0.25) is 9.78 Å². The third kappa shape index (κ3) is 5.39. The van der Waals surface area contributed by atoms with Crippen LogP contribution in [0.25, 0.3) is 0 Å². The minimum Gasteiger partial charge on any atom is -0.457 e. The number of anilines is 1. The van der Waals surface area contributed by atoms with Gasteiger partial charge in [0.1, 0.15) is 11.5 Å². The molecule has 1 aliphatic rings. The molecule has 7 nitrogen and oxygen atoms in total. The summed E-state index contributed by atoms with van der Waals surface area (Å²) in [6.07, 6.45) is 4.28. The lowest BCUT2D eigenvalue weighted by Crippen LogP contribution is -2.41. The number of hydrogen-bond acceptors (Lipinski definition) is 5. The number of pyridine rings is 1. The van der Waals surface area contributed by atoms with Crippen LogP contribution in [-0.2, 0) is 14.8 Å². The average Bonchev–Trinajstić information content (AvgIpc) is 2.85. The quantitative estimate of drug-likeness (QED) is 0.513. The summed E-state index contributed by atoms with van der Waals surface area (Å²) in [5.74, 6) is 1.01. The number of carbonyl (C=O) groups is 1. The van der Waals surface area contributed by atoms with Crippen LogP contribution < -0.4 is 10.1 Å². The fourth-order valence-corrected chi connectivity index (χ4v) is 6.49. The Morgan fingerprint density at radius 2 is 1.46 bits per heavy atom. The van der Waals surface area contributed by atoms with Gasteiger partial charge in [-0.25, -0.2) is 8.42 Å². The predicted octanol–water partition coefficient (Wildman–Crippen LogP) is 5.15. The molecule has 3 aromatic rings. The number of piperidine rings is 1. The van der Waals surface area contributed by atoms with Gasteiger partial charge in [0.15, 0.2) is 0 Å². The summed E-state index contributed by atoms with van der Waals surface area (Å²) in [6.45, 7) is 8.25. The van der Waals surface area contributed by atoms with E-state index in [1.165, 1.54) is 4.31 Å². The lowest BCUT2D eigenvalue weighted by atomic mass is 9.97. The maximum atomic E-state index is 13.5. The van der Waals surface area contributed by atoms with Crippen molar-refractivity contribution < 1.29 is 17.9 Å². The van der Waals surface area contributed by atoms with Crippen molar-refractivity contribution in [3.05, 3.63) is 77.1 Å². The number of benzene rings is 2. The first-order valence-electron chi connectivity index (χ1n) is 11.7. The standard InChI is InChI=1S/C27H31N3O4S/c1-18-17-19(2)21(4)26(20(18)3)35(32,33)30-15-11-22(12-16-30)27(31)29-23-5-7-24(8-6-23)34-25-9-13-28-14-10-25/h5-10,13-14,17,22H,11-12,15-16H2,1-4H3,(H,29,31). The first kappa shape index (κ1) is 24.9. The van der Waals surface area contributed by atoms with Crippen molar-refractivity contribution in [3.8, 4) is 11.5 Å². The molecule has 35 heavy (non-hydrogen) atoms. The minimum atomic E-state index is -3.62. The number of sulfonamides is 1. The van der Waals surface area contributed by atoms with Crippen LogP contribution in [0, 0.1) is 33.6 Å². The number of aromatic nitrogens is 1. The van der Waals surface area contributed by atoms with E-state index in [1.807, 2.05) is 33.8 Å². The van der Waals surface area contributed by atoms with Crippen LogP contribution >= 0.6 is 0 Å². The van der Waals surface area contributed by atoms with Crippen LogP contribution in [0.2, 0.25) is 0 Å². The van der Waals surface area contributed by atoms with Crippen molar-refractivity contribution in [2.45, 2.75) is 45.4 Å². The maximum absolute atomic E-state index is 13.5. The van der Waals surface area contributed by atoms with Crippen molar-refractivity contribution in [2.24, 2.45) is 5.92 Å². The monoisotopic (exact) mass is 493 g/mol. The van der Waals surface area contributed by atoms with Gasteiger partial charge in [0.25, 0.3) is 0 Å². The van der Waals surface area contributed by atoms with Gasteiger partial charge < -0.3 is 10.1 Å². The number of ether oxygens (including phenoxy) is 1. The van der Waals surface area contributed by atoms with Gasteiger partial charge in [0, 0.05) is 37.1 Å². The molecule has 0 saturated carbocycles. The van der Waals surface area contributed by atoms with Crippen LogP contribution in [0.15, 0.2) is 59.8 Å². The highest BCUT2D eigenvalue weighted by Crippen LogP contribution is 2.31. The Morgan fingerprint density at radius 3 is 2.03 bits per heavy atom. The van der Waals surface area contributed by atoms with Gasteiger partial charge in [0.05, 0.1) is 4.90 Å². The molecule has 184 valence electrons. The van der Waals surface area contributed by atoms with Gasteiger partial charge in [0.2, 0.25) is 15.9 Å². The smallest absolute Gasteiger partial charge is 0.243 e. The molecule has 8 heteroatoms. The zero-order chi connectivity index (χ0) is 25.2. The molecule has 0 aliphatic carbocycles. The molecule has 0 atom stereocenters. The number of nitrogens with one attached hydrogen (secondary N) is 1. The summed E-state index contributed by atoms with van der Waals surface area (Å²) in [5, 5.41) is 2.95. The number of hydrogen-bond donors (Lipinski definition) is 1. The lowest BCUT2D eigenvalue weighted by Gasteiger charge is -2.31. The summed E-state index contributed by atoms with van der Waals surface area (Å²) in [4.78, 5) is 17.2. The van der Waals surface area contributed by atoms with E-state index in [0.29, 0.717) is 48.0 Å². The Kier molecular flexibility index (Phi) is 7.23. The van der Waals surface area contributed by atoms with Crippen molar-refractivity contribution >= 4 is 21.6 Å². The van der Waals surface area contributed by atoms with Crippen molar-refractivity contribution in [3.63, 3.8) is 0 Å². The van der Waals surface area contributed by atoms with Crippen LogP contribution in [0.4, 0.5) is 5.69 Å². The normalized spacial score (nSPS) is 15.1. The molecule has 0 radical (unpaired) electrons. The summed E-state index contributed by atoms with van der Waals surface area (Å²) >= 11 is 0. The molecule has 0 spiro atoms. The largest absolute Gasteiger partial charge is 0.457 e. The Labute approximate surface area is 207 Å². The highest BCUT2D eigenvalue weighted by Gasteiger charge is 2.34. The molecule has 4 rings (SSSR count). The lowest BCUT2D eigenvalue weighted by molar-refractivity contribution is -0.120. The molecule has 1 aliphatic heterocycles. The van der Waals surface area contributed by atoms with Crippen LogP contribution in [-0.4, -0.2) is 36.7 Å². The number of amides is 1. The molecule has 2 heterocycles. The summed E-state index contributed by atoms with van der Waals surface area (Å²) in [6, 6.07) is 12.7. The summed E-state index contributed by atoms with van der Waals surface area (Å²) in [7, 11) is -3.62. The fraction of sp³-hybridized carbons (Fsp3) is 0.333. The molecule has 1 amide bonds. The van der Waals surface area contributed by atoms with Gasteiger partial charge in [-0.05, 0) is 99.2 Å². The number of aryl methyl sites for hydroxylation is 2. The molecule has 0 bridgehead atoms. The van der Waals surface area contributed by atoms with Gasteiger partial charge in [-0.1, -0.05) is 6.07 Å². The molecular formula is C27H31N3O4S. The number of carbonyl (C=O) groups excluding carboxylic acids is 1. The van der Waals surface area contributed by atoms with E-state index in [2.05, 4.69) is 10.3 Å². The third-order valence-corrected chi connectivity index (χ3v) is 8.90. The molecule has 1 fully saturated rings. The second-order valence-corrected chi connectivity index (χ2v) is 10.9. The van der Waals surface area contributed by atoms with E-state index in [9.17, 15) is 13.2 Å². The van der Waals surface area contributed by atoms with Crippen LogP contribution in [0.3, 0.4) is 0 Å². The fourth-order valence-electron chi connectivity index (χ4n) is 4.45. The average molecular weight is 494 g/mol. The van der Waals surface area contributed by atoms with E-state index >= 15 is 0 Å². The molecule has 0 unspecified atom stereocenters. The Morgan fingerprint density at radius 1 is 0.914 bits per heavy atom. The third-order valence-electron chi connectivity index (χ3n) is 6.73. The van der Waals surface area contributed by atoms with E-state index in [0.717, 1.165) is 22.3 Å². The molecule has 1 aromatic heterocycles. The summed E-state index contributed by atoms with van der Waals surface area (Å²) < 4.78 is 34.2. The van der Waals surface area contributed by atoms with Crippen molar-refractivity contribution in [1.29, 1.82) is 0 Å². The first-order chi connectivity index (χ1) is 16.7. The number of nitrogens with zero attached hydrogens (tertiary/aromatic N) is 2. The Hall–Kier alpha value is -3.23. The zero-order valence-corrected chi connectivity index (χ0v) is 21.4. The second-order valence-electron chi connectivity index (χ2n) is 9.07. The molecular weight excluding hydrogens is 462 g/mol. The molecule has 2 aromatic carbocycles. The summed E-state index contributed by atoms with van der Waals surface area (Å²) in [5.41, 5.74) is 4.21. The Bertz CT molecular complexity index is 1290. The first-order valence-corrected chi connectivity index (χ1v) is 13.2. The minimum absolute atomic E-state index is 0.0939. The predicted molar refractivity (Wildman–Crippen MR) is 136 cm³/mol. The topological polar surface area (TPSA) is 88.6 Å². The van der Waals surface area contributed by atoms with Crippen molar-refractivity contribution in [2.75, 3.05) is 18.4 Å². The highest BCUT2D eigenvalue weighted by atomic mass is 32.2. The highest BCUT2D eigenvalue weighted by molar-refractivity contribution is 7.89. The molecule has 1 saturated heterocycles. The van der Waals surface area contributed by atoms with Gasteiger partial charge >= 0.3 is 0 Å². The van der Waals surface area contributed by atoms with Crippen molar-refractivity contribution in [1.82, 2.24) is 9.29 Å². The maximum Gasteiger partial charge on any atom is 0.243 e. The van der Waals surface area contributed by atoms with E-state index < -0.39 is 10.0 Å². The SMILES string of the molecule is Cc1cc(C)c(C)c(S(=O)(=O)N2CCC(C(=O)Nc3ccc(Oc4ccncc4)cc3)CC2)c1C. The zero-order valence-electron chi connectivity index (χ0n) is 20.5. The second kappa shape index (κ2) is 10.2. The van der Waals surface area contributed by atoms with Gasteiger partial charge in [-0.15, -0.1) is 0 Å². The van der Waals surface area contributed by atoms with Gasteiger partial charge in [-0.2, -0.15) is 4.31 Å². The van der Waals surface area contributed by atoms with Crippen LogP contribution in [0.5, 0.6) is 11.5 Å².